The number of fused-ring (bicyclic) bond motifs is 1. The SMILES string of the molecule is CCc1ccc(C(CCO)N2C(=O)c3ccccc3C2=O)cc1CC. The first-order valence-electron chi connectivity index (χ1n) is 8.81. The molecule has 1 N–H and O–H groups in total. The second kappa shape index (κ2) is 7.19. The zero-order valence-corrected chi connectivity index (χ0v) is 14.7. The van der Waals surface area contributed by atoms with Crippen molar-refractivity contribution in [2.45, 2.75) is 39.2 Å². The van der Waals surface area contributed by atoms with Gasteiger partial charge in [-0.1, -0.05) is 44.2 Å². The molecule has 0 spiro atoms. The van der Waals surface area contributed by atoms with Gasteiger partial charge < -0.3 is 5.11 Å². The monoisotopic (exact) mass is 337 g/mol. The summed E-state index contributed by atoms with van der Waals surface area (Å²) in [7, 11) is 0. The molecular weight excluding hydrogens is 314 g/mol. The maximum absolute atomic E-state index is 12.8. The number of nitrogens with zero attached hydrogens (tertiary/aromatic N) is 1. The molecule has 1 aliphatic heterocycles. The fourth-order valence-corrected chi connectivity index (χ4v) is 3.59. The molecule has 1 unspecified atom stereocenters. The third-order valence-electron chi connectivity index (χ3n) is 4.92. The van der Waals surface area contributed by atoms with E-state index in [0.29, 0.717) is 17.5 Å². The summed E-state index contributed by atoms with van der Waals surface area (Å²) in [5.41, 5.74) is 4.28. The zero-order valence-electron chi connectivity index (χ0n) is 14.7. The number of rotatable bonds is 6. The molecule has 0 saturated carbocycles. The largest absolute Gasteiger partial charge is 0.396 e. The Morgan fingerprint density at radius 2 is 1.52 bits per heavy atom. The van der Waals surface area contributed by atoms with E-state index in [4.69, 9.17) is 0 Å². The van der Waals surface area contributed by atoms with Crippen molar-refractivity contribution in [1.82, 2.24) is 4.90 Å². The van der Waals surface area contributed by atoms with Gasteiger partial charge in [-0.25, -0.2) is 0 Å². The van der Waals surface area contributed by atoms with Crippen molar-refractivity contribution < 1.29 is 14.7 Å². The van der Waals surface area contributed by atoms with Crippen LogP contribution in [0.15, 0.2) is 42.5 Å². The Bertz CT molecular complexity index is 778. The summed E-state index contributed by atoms with van der Waals surface area (Å²) < 4.78 is 0. The fourth-order valence-electron chi connectivity index (χ4n) is 3.59. The molecule has 0 bridgehead atoms. The number of hydrogen-bond donors (Lipinski definition) is 1. The van der Waals surface area contributed by atoms with E-state index in [1.807, 2.05) is 6.07 Å². The molecule has 0 saturated heterocycles. The lowest BCUT2D eigenvalue weighted by atomic mass is 9.94. The number of carbonyl (C=O) groups is 2. The first-order chi connectivity index (χ1) is 12.1. The van der Waals surface area contributed by atoms with Gasteiger partial charge >= 0.3 is 0 Å². The van der Waals surface area contributed by atoms with Crippen LogP contribution in [0.5, 0.6) is 0 Å². The third-order valence-corrected chi connectivity index (χ3v) is 4.92. The zero-order chi connectivity index (χ0) is 18.0. The lowest BCUT2D eigenvalue weighted by Gasteiger charge is -2.27. The number of amides is 2. The van der Waals surface area contributed by atoms with Crippen molar-refractivity contribution in [3.63, 3.8) is 0 Å². The first-order valence-corrected chi connectivity index (χ1v) is 8.81. The van der Waals surface area contributed by atoms with Crippen LogP contribution in [-0.4, -0.2) is 28.4 Å². The van der Waals surface area contributed by atoms with E-state index in [1.165, 1.54) is 16.0 Å². The molecule has 0 radical (unpaired) electrons. The fraction of sp³-hybridized carbons (Fsp3) is 0.333. The average molecular weight is 337 g/mol. The molecular formula is C21H23NO3. The van der Waals surface area contributed by atoms with Gasteiger partial charge in [0.15, 0.2) is 0 Å². The van der Waals surface area contributed by atoms with Crippen LogP contribution in [0.25, 0.3) is 0 Å². The Balaban J connectivity index is 2.03. The highest BCUT2D eigenvalue weighted by Crippen LogP contribution is 2.34. The minimum atomic E-state index is -0.450. The summed E-state index contributed by atoms with van der Waals surface area (Å²) in [4.78, 5) is 26.9. The number of aliphatic hydroxyl groups excluding tert-OH is 1. The lowest BCUT2D eigenvalue weighted by Crippen LogP contribution is -2.34. The Labute approximate surface area is 148 Å². The molecule has 2 aromatic rings. The van der Waals surface area contributed by atoms with E-state index in [2.05, 4.69) is 26.0 Å². The highest BCUT2D eigenvalue weighted by atomic mass is 16.3. The van der Waals surface area contributed by atoms with E-state index in [9.17, 15) is 14.7 Å². The summed E-state index contributed by atoms with van der Waals surface area (Å²) in [6.45, 7) is 4.12. The average Bonchev–Trinajstić information content (AvgIpc) is 2.90. The van der Waals surface area contributed by atoms with Gasteiger partial charge in [-0.05, 0) is 48.1 Å². The second-order valence-corrected chi connectivity index (χ2v) is 6.29. The van der Waals surface area contributed by atoms with E-state index in [-0.39, 0.29) is 18.4 Å². The summed E-state index contributed by atoms with van der Waals surface area (Å²) in [6.07, 6.45) is 2.17. The summed E-state index contributed by atoms with van der Waals surface area (Å²) in [5, 5.41) is 9.53. The highest BCUT2D eigenvalue weighted by molar-refractivity contribution is 6.21. The van der Waals surface area contributed by atoms with Gasteiger partial charge in [0.25, 0.3) is 11.8 Å². The van der Waals surface area contributed by atoms with Crippen LogP contribution in [0.2, 0.25) is 0 Å². The summed E-state index contributed by atoms with van der Waals surface area (Å²) >= 11 is 0. The Kier molecular flexibility index (Phi) is 5.00. The second-order valence-electron chi connectivity index (χ2n) is 6.29. The van der Waals surface area contributed by atoms with E-state index in [1.54, 1.807) is 24.3 Å². The number of aryl methyl sites for hydroxylation is 2. The quantitative estimate of drug-likeness (QED) is 0.821. The van der Waals surface area contributed by atoms with Crippen LogP contribution >= 0.6 is 0 Å². The number of hydrogen-bond acceptors (Lipinski definition) is 3. The van der Waals surface area contributed by atoms with E-state index in [0.717, 1.165) is 18.4 Å². The molecule has 3 rings (SSSR count). The molecule has 0 fully saturated rings. The minimum Gasteiger partial charge on any atom is -0.396 e. The number of benzene rings is 2. The van der Waals surface area contributed by atoms with Gasteiger partial charge in [0.2, 0.25) is 0 Å². The molecule has 2 aromatic carbocycles. The van der Waals surface area contributed by atoms with Crippen molar-refractivity contribution in [1.29, 1.82) is 0 Å². The first kappa shape index (κ1) is 17.4. The van der Waals surface area contributed by atoms with Crippen molar-refractivity contribution >= 4 is 11.8 Å². The summed E-state index contributed by atoms with van der Waals surface area (Å²) in [5.74, 6) is -0.562. The van der Waals surface area contributed by atoms with Crippen LogP contribution in [0.4, 0.5) is 0 Å². The Morgan fingerprint density at radius 3 is 2.04 bits per heavy atom. The van der Waals surface area contributed by atoms with Gasteiger partial charge in [-0.3, -0.25) is 14.5 Å². The topological polar surface area (TPSA) is 57.6 Å². The van der Waals surface area contributed by atoms with Crippen LogP contribution in [0.3, 0.4) is 0 Å². The van der Waals surface area contributed by atoms with Crippen molar-refractivity contribution in [2.75, 3.05) is 6.61 Å². The van der Waals surface area contributed by atoms with Crippen molar-refractivity contribution in [3.05, 3.63) is 70.3 Å². The maximum atomic E-state index is 12.8. The summed E-state index contributed by atoms with van der Waals surface area (Å²) in [6, 6.07) is 12.6. The van der Waals surface area contributed by atoms with Gasteiger partial charge in [0.1, 0.15) is 0 Å². The molecule has 4 heteroatoms. The normalized spacial score (nSPS) is 14.8. The molecule has 130 valence electrons. The molecule has 1 aliphatic rings. The van der Waals surface area contributed by atoms with Crippen LogP contribution in [0, 0.1) is 0 Å². The molecule has 0 aromatic heterocycles. The maximum Gasteiger partial charge on any atom is 0.262 e. The minimum absolute atomic E-state index is 0.0882. The molecule has 25 heavy (non-hydrogen) atoms. The van der Waals surface area contributed by atoms with Crippen LogP contribution in [0.1, 0.15) is 63.7 Å². The number of aliphatic hydroxyl groups is 1. The van der Waals surface area contributed by atoms with Gasteiger partial charge in [-0.2, -0.15) is 0 Å². The molecule has 2 amide bonds. The lowest BCUT2D eigenvalue weighted by molar-refractivity contribution is 0.0558. The smallest absolute Gasteiger partial charge is 0.262 e. The molecule has 1 heterocycles. The number of carbonyl (C=O) groups excluding carboxylic acids is 2. The van der Waals surface area contributed by atoms with Crippen molar-refractivity contribution in [3.8, 4) is 0 Å². The van der Waals surface area contributed by atoms with Crippen LogP contribution < -0.4 is 0 Å². The predicted molar refractivity (Wildman–Crippen MR) is 96.6 cm³/mol. The molecule has 0 aliphatic carbocycles. The molecule has 1 atom stereocenters. The number of imide groups is 1. The Hall–Kier alpha value is -2.46. The molecule has 4 nitrogen and oxygen atoms in total. The van der Waals surface area contributed by atoms with Gasteiger partial charge in [0.05, 0.1) is 17.2 Å². The Morgan fingerprint density at radius 1 is 0.920 bits per heavy atom. The third kappa shape index (κ3) is 2.98. The van der Waals surface area contributed by atoms with Gasteiger partial charge in [0, 0.05) is 6.61 Å². The highest BCUT2D eigenvalue weighted by Gasteiger charge is 2.40. The predicted octanol–water partition coefficient (Wildman–Crippen LogP) is 3.53. The van der Waals surface area contributed by atoms with E-state index >= 15 is 0 Å². The van der Waals surface area contributed by atoms with Crippen LogP contribution in [-0.2, 0) is 12.8 Å². The van der Waals surface area contributed by atoms with Gasteiger partial charge in [-0.15, -0.1) is 0 Å². The standard InChI is InChI=1S/C21H23NO3/c1-3-14-9-10-16(13-15(14)4-2)19(11-12-23)22-20(24)17-7-5-6-8-18(17)21(22)25/h5-10,13,19,23H,3-4,11-12H2,1-2H3. The van der Waals surface area contributed by atoms with E-state index < -0.39 is 6.04 Å². The van der Waals surface area contributed by atoms with Crippen molar-refractivity contribution in [2.24, 2.45) is 0 Å².